The van der Waals surface area contributed by atoms with E-state index in [1.165, 1.54) is 6.08 Å². The van der Waals surface area contributed by atoms with Crippen LogP contribution < -0.4 is 0 Å². The molecule has 1 aromatic carbocycles. The normalized spacial score (nSPS) is 11.4. The van der Waals surface area contributed by atoms with Crippen molar-refractivity contribution >= 4 is 37.9 Å². The Labute approximate surface area is 91.9 Å². The minimum atomic E-state index is -0.484. The van der Waals surface area contributed by atoms with E-state index in [4.69, 9.17) is 0 Å². The topological polar surface area (TPSA) is 43.1 Å². The third-order valence-electron chi connectivity index (χ3n) is 1.33. The van der Waals surface area contributed by atoms with Crippen LogP contribution in [0.1, 0.15) is 5.56 Å². The maximum atomic E-state index is 10.3. The summed E-state index contributed by atoms with van der Waals surface area (Å²) in [5, 5.41) is 10.3. The van der Waals surface area contributed by atoms with Crippen LogP contribution in [0.2, 0.25) is 0 Å². The third kappa shape index (κ3) is 3.28. The second-order valence-corrected chi connectivity index (χ2v) is 4.00. The van der Waals surface area contributed by atoms with Gasteiger partial charge in [-0.15, -0.1) is 0 Å². The van der Waals surface area contributed by atoms with E-state index >= 15 is 0 Å². The van der Waals surface area contributed by atoms with Gasteiger partial charge < -0.3 is 0 Å². The summed E-state index contributed by atoms with van der Waals surface area (Å²) in [6, 6.07) is 7.22. The van der Waals surface area contributed by atoms with Crippen molar-refractivity contribution in [1.82, 2.24) is 0 Å². The second kappa shape index (κ2) is 4.53. The maximum Gasteiger partial charge on any atom is 0.311 e. The van der Waals surface area contributed by atoms with Crippen LogP contribution in [0.15, 0.2) is 33.3 Å². The van der Waals surface area contributed by atoms with Gasteiger partial charge in [-0.2, -0.15) is 0 Å². The Hall–Kier alpha value is -0.680. The molecule has 3 nitrogen and oxygen atoms in total. The summed E-state index contributed by atoms with van der Waals surface area (Å²) in [7, 11) is 0. The fraction of sp³-hybridized carbons (Fsp3) is 0. The van der Waals surface area contributed by atoms with Crippen molar-refractivity contribution < 1.29 is 4.92 Å². The monoisotopic (exact) mass is 305 g/mol. The molecular formula is C8H5Br2NO2. The Kier molecular flexibility index (Phi) is 3.62. The van der Waals surface area contributed by atoms with E-state index in [2.05, 4.69) is 31.9 Å². The minimum Gasteiger partial charge on any atom is -0.258 e. The highest BCUT2D eigenvalue weighted by atomic mass is 79.9. The van der Waals surface area contributed by atoms with E-state index < -0.39 is 4.92 Å². The lowest BCUT2D eigenvalue weighted by Crippen LogP contribution is -1.89. The van der Waals surface area contributed by atoms with Crippen molar-refractivity contribution in [2.75, 3.05) is 0 Å². The predicted molar refractivity (Wildman–Crippen MR) is 58.0 cm³/mol. The van der Waals surface area contributed by atoms with Crippen molar-refractivity contribution in [3.05, 3.63) is 49.0 Å². The molecule has 0 aliphatic heterocycles. The third-order valence-corrected chi connectivity index (χ3v) is 2.38. The molecule has 0 aliphatic rings. The standard InChI is InChI=1S/C8H5Br2NO2/c9-7-3-1-6(2-4-7)5-8(10)11(12)13/h1-5H/b8-5-. The molecule has 0 amide bonds. The van der Waals surface area contributed by atoms with E-state index in [0.29, 0.717) is 0 Å². The molecule has 0 unspecified atom stereocenters. The fourth-order valence-corrected chi connectivity index (χ4v) is 1.28. The Morgan fingerprint density at radius 1 is 1.38 bits per heavy atom. The molecule has 0 spiro atoms. The summed E-state index contributed by atoms with van der Waals surface area (Å²) in [6.07, 6.45) is 1.45. The lowest BCUT2D eigenvalue weighted by molar-refractivity contribution is -0.407. The summed E-state index contributed by atoms with van der Waals surface area (Å²) in [6.45, 7) is 0. The van der Waals surface area contributed by atoms with Gasteiger partial charge in [0.05, 0.1) is 4.92 Å². The molecule has 0 aromatic heterocycles. The highest BCUT2D eigenvalue weighted by molar-refractivity contribution is 9.11. The zero-order valence-electron chi connectivity index (χ0n) is 6.41. The van der Waals surface area contributed by atoms with Crippen LogP contribution in [0.5, 0.6) is 0 Å². The van der Waals surface area contributed by atoms with Gasteiger partial charge >= 0.3 is 4.61 Å². The molecule has 0 aliphatic carbocycles. The summed E-state index contributed by atoms with van der Waals surface area (Å²) < 4.78 is 0.900. The number of halogens is 2. The average Bonchev–Trinajstić information content (AvgIpc) is 2.08. The van der Waals surface area contributed by atoms with Gasteiger partial charge in [0.2, 0.25) is 0 Å². The number of benzene rings is 1. The zero-order chi connectivity index (χ0) is 9.84. The van der Waals surface area contributed by atoms with Gasteiger partial charge in [0, 0.05) is 26.5 Å². The SMILES string of the molecule is O=[N+]([O-])/C(Br)=C\c1ccc(Br)cc1. The van der Waals surface area contributed by atoms with Gasteiger partial charge in [-0.3, -0.25) is 10.1 Å². The van der Waals surface area contributed by atoms with Gasteiger partial charge in [-0.1, -0.05) is 28.1 Å². The molecule has 5 heteroatoms. The van der Waals surface area contributed by atoms with Crippen molar-refractivity contribution in [2.24, 2.45) is 0 Å². The van der Waals surface area contributed by atoms with Gasteiger partial charge in [-0.05, 0) is 17.7 Å². The Morgan fingerprint density at radius 3 is 2.38 bits per heavy atom. The Balaban J connectivity index is 2.92. The molecule has 0 fully saturated rings. The number of hydrogen-bond donors (Lipinski definition) is 0. The Bertz CT molecular complexity index is 346. The average molecular weight is 307 g/mol. The smallest absolute Gasteiger partial charge is 0.258 e. The largest absolute Gasteiger partial charge is 0.311 e. The first-order valence-electron chi connectivity index (χ1n) is 3.37. The summed E-state index contributed by atoms with van der Waals surface area (Å²) in [4.78, 5) is 9.77. The molecule has 0 atom stereocenters. The first kappa shape index (κ1) is 10.4. The van der Waals surface area contributed by atoms with Crippen molar-refractivity contribution in [3.8, 4) is 0 Å². The van der Waals surface area contributed by atoms with Crippen molar-refractivity contribution in [3.63, 3.8) is 0 Å². The van der Waals surface area contributed by atoms with Gasteiger partial charge in [-0.25, -0.2) is 0 Å². The van der Waals surface area contributed by atoms with Crippen LogP contribution in [0, 0.1) is 10.1 Å². The number of nitrogens with zero attached hydrogens (tertiary/aromatic N) is 1. The van der Waals surface area contributed by atoms with E-state index in [1.807, 2.05) is 12.1 Å². The number of nitro groups is 1. The first-order chi connectivity index (χ1) is 6.09. The molecule has 13 heavy (non-hydrogen) atoms. The molecular weight excluding hydrogens is 302 g/mol. The molecule has 0 heterocycles. The van der Waals surface area contributed by atoms with Crippen LogP contribution in [0.3, 0.4) is 0 Å². The summed E-state index contributed by atoms with van der Waals surface area (Å²) >= 11 is 6.12. The van der Waals surface area contributed by atoms with Crippen LogP contribution >= 0.6 is 31.9 Å². The Morgan fingerprint density at radius 2 is 1.92 bits per heavy atom. The van der Waals surface area contributed by atoms with Crippen LogP contribution in [0.4, 0.5) is 0 Å². The van der Waals surface area contributed by atoms with Crippen molar-refractivity contribution in [2.45, 2.75) is 0 Å². The van der Waals surface area contributed by atoms with E-state index in [9.17, 15) is 10.1 Å². The van der Waals surface area contributed by atoms with Crippen LogP contribution in [0.25, 0.3) is 6.08 Å². The zero-order valence-corrected chi connectivity index (χ0v) is 9.58. The molecule has 0 N–H and O–H groups in total. The quantitative estimate of drug-likeness (QED) is 0.477. The maximum absolute atomic E-state index is 10.3. The number of rotatable bonds is 2. The fourth-order valence-electron chi connectivity index (χ4n) is 0.749. The van der Waals surface area contributed by atoms with Gasteiger partial charge in [0.15, 0.2) is 0 Å². The van der Waals surface area contributed by atoms with Crippen molar-refractivity contribution in [1.29, 1.82) is 0 Å². The summed E-state index contributed by atoms with van der Waals surface area (Å²) in [5.41, 5.74) is 0.784. The highest BCUT2D eigenvalue weighted by Crippen LogP contribution is 2.15. The second-order valence-electron chi connectivity index (χ2n) is 2.28. The molecule has 1 aromatic rings. The van der Waals surface area contributed by atoms with Gasteiger partial charge in [0.1, 0.15) is 0 Å². The lowest BCUT2D eigenvalue weighted by Gasteiger charge is -1.92. The van der Waals surface area contributed by atoms with E-state index in [1.54, 1.807) is 12.1 Å². The lowest BCUT2D eigenvalue weighted by atomic mass is 10.2. The van der Waals surface area contributed by atoms with E-state index in [-0.39, 0.29) is 4.61 Å². The first-order valence-corrected chi connectivity index (χ1v) is 4.95. The van der Waals surface area contributed by atoms with Gasteiger partial charge in [0.25, 0.3) is 0 Å². The summed E-state index contributed by atoms with van der Waals surface area (Å²) in [5.74, 6) is 0. The molecule has 68 valence electrons. The predicted octanol–water partition coefficient (Wildman–Crippen LogP) is 3.42. The number of hydrogen-bond acceptors (Lipinski definition) is 2. The van der Waals surface area contributed by atoms with Crippen LogP contribution in [-0.2, 0) is 0 Å². The molecule has 0 saturated heterocycles. The van der Waals surface area contributed by atoms with Crippen LogP contribution in [-0.4, -0.2) is 4.92 Å². The minimum absolute atomic E-state index is 0.0465. The van der Waals surface area contributed by atoms with E-state index in [0.717, 1.165) is 10.0 Å². The highest BCUT2D eigenvalue weighted by Gasteiger charge is 2.03. The molecule has 0 saturated carbocycles. The molecule has 0 radical (unpaired) electrons. The molecule has 1 rings (SSSR count). The molecule has 0 bridgehead atoms.